The lowest BCUT2D eigenvalue weighted by Crippen LogP contribution is -2.70. The third kappa shape index (κ3) is 4.45. The Kier molecular flexibility index (Phi) is 6.87. The SMILES string of the molecule is COc1ccc2c(c1)C1CC1(C(=O)N1C3CC1CN(C)C3)Cn1c-2c(C2CCCCC2)c2ccc(C(=O)NS(=O)(=O)N(C)C)cc21. The van der Waals surface area contributed by atoms with E-state index in [-0.39, 0.29) is 29.5 Å². The molecule has 0 radical (unpaired) electrons. The zero-order chi connectivity index (χ0) is 32.1. The number of ether oxygens (including phenoxy) is 1. The molecule has 10 nitrogen and oxygen atoms in total. The van der Waals surface area contributed by atoms with Gasteiger partial charge in [0.25, 0.3) is 5.91 Å². The van der Waals surface area contributed by atoms with E-state index in [0.717, 1.165) is 71.0 Å². The maximum atomic E-state index is 14.8. The first-order chi connectivity index (χ1) is 22.0. The number of likely N-dealkylation sites (N-methyl/N-ethyl adjacent to an activating group) is 1. The van der Waals surface area contributed by atoms with E-state index < -0.39 is 21.5 Å². The molecule has 3 aliphatic heterocycles. The topological polar surface area (TPSA) is 104 Å². The number of carbonyl (C=O) groups is 2. The highest BCUT2D eigenvalue weighted by molar-refractivity contribution is 7.87. The molecule has 2 saturated heterocycles. The molecule has 4 unspecified atom stereocenters. The summed E-state index contributed by atoms with van der Waals surface area (Å²) in [6.45, 7) is 2.34. The molecule has 2 aliphatic carbocycles. The summed E-state index contributed by atoms with van der Waals surface area (Å²) in [6, 6.07) is 12.4. The van der Waals surface area contributed by atoms with Crippen molar-refractivity contribution >= 4 is 32.9 Å². The lowest BCUT2D eigenvalue weighted by Gasteiger charge is -2.56. The van der Waals surface area contributed by atoms with Crippen LogP contribution in [0.2, 0.25) is 0 Å². The van der Waals surface area contributed by atoms with Crippen molar-refractivity contribution < 1.29 is 22.7 Å². The lowest BCUT2D eigenvalue weighted by molar-refractivity contribution is -0.159. The summed E-state index contributed by atoms with van der Waals surface area (Å²) in [5, 5.41) is 1.08. The summed E-state index contributed by atoms with van der Waals surface area (Å²) in [6.07, 6.45) is 7.61. The van der Waals surface area contributed by atoms with Crippen molar-refractivity contribution in [2.45, 2.75) is 75.4 Å². The summed E-state index contributed by atoms with van der Waals surface area (Å²) in [7, 11) is 2.65. The number of rotatable bonds is 6. The van der Waals surface area contributed by atoms with Crippen LogP contribution >= 0.6 is 0 Å². The Morgan fingerprint density at radius 3 is 2.46 bits per heavy atom. The minimum atomic E-state index is -3.96. The van der Waals surface area contributed by atoms with Crippen molar-refractivity contribution in [2.75, 3.05) is 41.3 Å². The van der Waals surface area contributed by atoms with Crippen molar-refractivity contribution in [3.63, 3.8) is 0 Å². The fourth-order valence-corrected chi connectivity index (χ4v) is 9.63. The first-order valence-electron chi connectivity index (χ1n) is 16.6. The van der Waals surface area contributed by atoms with Crippen LogP contribution < -0.4 is 9.46 Å². The van der Waals surface area contributed by atoms with Gasteiger partial charge >= 0.3 is 10.2 Å². The quantitative estimate of drug-likeness (QED) is 0.429. The van der Waals surface area contributed by atoms with Gasteiger partial charge in [-0.15, -0.1) is 0 Å². The molecule has 2 saturated carbocycles. The predicted molar refractivity (Wildman–Crippen MR) is 176 cm³/mol. The molecule has 1 N–H and O–H groups in total. The molecule has 4 heterocycles. The Hall–Kier alpha value is -3.41. The zero-order valence-electron chi connectivity index (χ0n) is 27.1. The number of amides is 2. The van der Waals surface area contributed by atoms with Gasteiger partial charge in [0.15, 0.2) is 0 Å². The Bertz CT molecular complexity index is 1870. The number of piperidine rings is 1. The molecule has 2 aromatic carbocycles. The second kappa shape index (κ2) is 10.6. The molecule has 2 amide bonds. The van der Waals surface area contributed by atoms with Crippen LogP contribution in [-0.4, -0.2) is 92.3 Å². The molecule has 2 bridgehead atoms. The van der Waals surface area contributed by atoms with Gasteiger partial charge in [0.2, 0.25) is 5.91 Å². The van der Waals surface area contributed by atoms with E-state index in [0.29, 0.717) is 12.5 Å². The molecule has 0 spiro atoms. The van der Waals surface area contributed by atoms with Crippen LogP contribution in [0, 0.1) is 5.41 Å². The van der Waals surface area contributed by atoms with Crippen molar-refractivity contribution in [1.29, 1.82) is 0 Å². The minimum Gasteiger partial charge on any atom is -0.497 e. The fourth-order valence-electron chi connectivity index (χ4n) is 9.10. The van der Waals surface area contributed by atoms with Crippen LogP contribution in [0.4, 0.5) is 0 Å². The van der Waals surface area contributed by atoms with E-state index in [1.54, 1.807) is 13.2 Å². The number of benzene rings is 2. The predicted octanol–water partition coefficient (Wildman–Crippen LogP) is 4.30. The molecule has 3 aromatic rings. The van der Waals surface area contributed by atoms with E-state index in [1.165, 1.54) is 44.5 Å². The first-order valence-corrected chi connectivity index (χ1v) is 18.1. The maximum absolute atomic E-state index is 14.8. The number of likely N-dealkylation sites (tertiary alicyclic amines) is 2. The number of nitrogens with zero attached hydrogens (tertiary/aromatic N) is 4. The Labute approximate surface area is 270 Å². The average molecular weight is 646 g/mol. The van der Waals surface area contributed by atoms with Crippen LogP contribution in [0.5, 0.6) is 5.75 Å². The molecule has 46 heavy (non-hydrogen) atoms. The second-order valence-corrected chi connectivity index (χ2v) is 16.4. The monoisotopic (exact) mass is 645 g/mol. The summed E-state index contributed by atoms with van der Waals surface area (Å²) in [5.41, 5.74) is 5.32. The highest BCUT2D eigenvalue weighted by Crippen LogP contribution is 2.67. The summed E-state index contributed by atoms with van der Waals surface area (Å²) >= 11 is 0. The van der Waals surface area contributed by atoms with Crippen LogP contribution in [-0.2, 0) is 21.5 Å². The highest BCUT2D eigenvalue weighted by Gasteiger charge is 2.66. The largest absolute Gasteiger partial charge is 0.497 e. The van der Waals surface area contributed by atoms with Gasteiger partial charge in [-0.05, 0) is 80.1 Å². The van der Waals surface area contributed by atoms with Gasteiger partial charge in [0.1, 0.15) is 5.75 Å². The zero-order valence-corrected chi connectivity index (χ0v) is 27.9. The smallest absolute Gasteiger partial charge is 0.303 e. The summed E-state index contributed by atoms with van der Waals surface area (Å²) < 4.78 is 36.3. The average Bonchev–Trinajstić information content (AvgIpc) is 3.71. The van der Waals surface area contributed by atoms with Gasteiger partial charge < -0.3 is 19.1 Å². The first kappa shape index (κ1) is 30.0. The van der Waals surface area contributed by atoms with Gasteiger partial charge in [0.05, 0.1) is 18.2 Å². The molecule has 5 aliphatic rings. The molecule has 4 atom stereocenters. The van der Waals surface area contributed by atoms with Crippen LogP contribution in [0.1, 0.15) is 78.3 Å². The van der Waals surface area contributed by atoms with Crippen LogP contribution in [0.15, 0.2) is 36.4 Å². The van der Waals surface area contributed by atoms with Crippen LogP contribution in [0.25, 0.3) is 22.2 Å². The molecule has 4 fully saturated rings. The number of nitrogens with one attached hydrogen (secondary N) is 1. The number of carbonyl (C=O) groups excluding carboxylic acids is 2. The van der Waals surface area contributed by atoms with Gasteiger partial charge in [-0.1, -0.05) is 25.3 Å². The number of hydrogen-bond acceptors (Lipinski definition) is 6. The van der Waals surface area contributed by atoms with E-state index in [4.69, 9.17) is 4.74 Å². The third-order valence-electron chi connectivity index (χ3n) is 11.5. The van der Waals surface area contributed by atoms with Crippen molar-refractivity contribution in [3.05, 3.63) is 53.1 Å². The third-order valence-corrected chi connectivity index (χ3v) is 12.9. The number of methoxy groups -OCH3 is 1. The van der Waals surface area contributed by atoms with Crippen molar-refractivity contribution in [1.82, 2.24) is 23.4 Å². The Balaban J connectivity index is 1.32. The van der Waals surface area contributed by atoms with Crippen molar-refractivity contribution in [2.24, 2.45) is 5.41 Å². The lowest BCUT2D eigenvalue weighted by atomic mass is 9.81. The number of aromatic nitrogens is 1. The normalized spacial score (nSPS) is 27.3. The fraction of sp³-hybridized carbons (Fsp3) is 0.543. The van der Waals surface area contributed by atoms with E-state index >= 15 is 0 Å². The summed E-state index contributed by atoms with van der Waals surface area (Å²) in [5.74, 6) is 0.814. The molecular weight excluding hydrogens is 602 g/mol. The number of hydrogen-bond donors (Lipinski definition) is 1. The highest BCUT2D eigenvalue weighted by atomic mass is 32.2. The van der Waals surface area contributed by atoms with E-state index in [9.17, 15) is 18.0 Å². The molecule has 244 valence electrons. The van der Waals surface area contributed by atoms with Crippen molar-refractivity contribution in [3.8, 4) is 17.0 Å². The van der Waals surface area contributed by atoms with E-state index in [1.807, 2.05) is 18.2 Å². The number of fused-ring (bicyclic) bond motifs is 9. The second-order valence-electron chi connectivity index (χ2n) is 14.5. The van der Waals surface area contributed by atoms with Gasteiger partial charge in [-0.2, -0.15) is 12.7 Å². The van der Waals surface area contributed by atoms with Gasteiger partial charge in [-0.3, -0.25) is 9.59 Å². The number of piperazine rings is 1. The maximum Gasteiger partial charge on any atom is 0.303 e. The minimum absolute atomic E-state index is 0.0787. The van der Waals surface area contributed by atoms with Gasteiger partial charge in [-0.25, -0.2) is 4.72 Å². The molecular formula is C35H43N5O5S. The van der Waals surface area contributed by atoms with Crippen LogP contribution in [0.3, 0.4) is 0 Å². The Morgan fingerprint density at radius 1 is 1.02 bits per heavy atom. The van der Waals surface area contributed by atoms with Gasteiger partial charge in [0, 0.05) is 73.8 Å². The standard InChI is InChI=1S/C35H43N5O5S/c1-37(2)46(43,44)36-33(41)22-10-12-27-30(14-22)39-20-35(34(42)40-23-15-24(40)19-38(3)18-23)17-29(35)28-16-25(45-4)11-13-26(28)32(39)31(27)21-8-6-5-7-9-21/h10-14,16,21,23-24,29H,5-9,15,17-20H2,1-4H3,(H,36,41). The Morgan fingerprint density at radius 2 is 1.76 bits per heavy atom. The molecule has 1 aromatic heterocycles. The summed E-state index contributed by atoms with van der Waals surface area (Å²) in [4.78, 5) is 32.6. The van der Waals surface area contributed by atoms with E-state index in [2.05, 4.69) is 38.3 Å². The molecule has 8 rings (SSSR count). The molecule has 11 heteroatoms.